The lowest BCUT2D eigenvalue weighted by Gasteiger charge is -2.36. The Balaban J connectivity index is 1.51. The molecule has 2 fully saturated rings. The van der Waals surface area contributed by atoms with Gasteiger partial charge in [-0.25, -0.2) is 0 Å². The van der Waals surface area contributed by atoms with E-state index in [9.17, 15) is 0 Å². The van der Waals surface area contributed by atoms with Crippen LogP contribution in [0.4, 0.5) is 0 Å². The maximum atomic E-state index is 5.60. The van der Waals surface area contributed by atoms with Crippen LogP contribution in [0.2, 0.25) is 0 Å². The molecule has 2 saturated carbocycles. The predicted octanol–water partition coefficient (Wildman–Crippen LogP) is 2.38. The lowest BCUT2D eigenvalue weighted by Crippen LogP contribution is -2.37. The molecule has 0 saturated heterocycles. The highest BCUT2D eigenvalue weighted by molar-refractivity contribution is 5.13. The Hall–Kier alpha value is -1.03. The molecule has 0 radical (unpaired) electrons. The SMILES string of the molecule is CCCOc1cnn(C2CCC2CNC2CC2)c1. The maximum absolute atomic E-state index is 5.60. The van der Waals surface area contributed by atoms with E-state index in [2.05, 4.69) is 28.2 Å². The number of aromatic nitrogens is 2. The third-order valence-corrected chi connectivity index (χ3v) is 4.01. The molecule has 0 spiro atoms. The van der Waals surface area contributed by atoms with E-state index in [4.69, 9.17) is 4.74 Å². The van der Waals surface area contributed by atoms with E-state index in [-0.39, 0.29) is 0 Å². The average Bonchev–Trinajstić information content (AvgIpc) is 3.05. The summed E-state index contributed by atoms with van der Waals surface area (Å²) in [6.45, 7) is 4.05. The van der Waals surface area contributed by atoms with E-state index in [0.717, 1.165) is 37.3 Å². The highest BCUT2D eigenvalue weighted by Gasteiger charge is 2.34. The smallest absolute Gasteiger partial charge is 0.157 e. The summed E-state index contributed by atoms with van der Waals surface area (Å²) in [4.78, 5) is 0. The van der Waals surface area contributed by atoms with Gasteiger partial charge in [0.2, 0.25) is 0 Å². The fourth-order valence-electron chi connectivity index (χ4n) is 2.54. The predicted molar refractivity (Wildman–Crippen MR) is 70.8 cm³/mol. The molecule has 2 atom stereocenters. The first-order valence-electron chi connectivity index (χ1n) is 7.27. The highest BCUT2D eigenvalue weighted by atomic mass is 16.5. The van der Waals surface area contributed by atoms with Crippen molar-refractivity contribution < 1.29 is 4.74 Å². The number of ether oxygens (including phenoxy) is 1. The molecule has 0 amide bonds. The van der Waals surface area contributed by atoms with E-state index in [1.807, 2.05) is 6.20 Å². The minimum atomic E-state index is 0.579. The largest absolute Gasteiger partial charge is 0.490 e. The van der Waals surface area contributed by atoms with Gasteiger partial charge in [0, 0.05) is 12.6 Å². The lowest BCUT2D eigenvalue weighted by molar-refractivity contribution is 0.162. The molecule has 1 aromatic rings. The van der Waals surface area contributed by atoms with Crippen LogP contribution in [-0.4, -0.2) is 29.0 Å². The Labute approximate surface area is 109 Å². The van der Waals surface area contributed by atoms with Crippen molar-refractivity contribution in [2.24, 2.45) is 5.92 Å². The standard InChI is InChI=1S/C14H23N3O/c1-2-7-18-13-9-16-17(10-13)14-6-3-11(14)8-15-12-4-5-12/h9-12,14-15H,2-8H2,1H3. The molecule has 1 aromatic heterocycles. The van der Waals surface area contributed by atoms with Gasteiger partial charge in [0.05, 0.1) is 25.0 Å². The summed E-state index contributed by atoms with van der Waals surface area (Å²) >= 11 is 0. The van der Waals surface area contributed by atoms with Crippen molar-refractivity contribution in [3.05, 3.63) is 12.4 Å². The summed E-state index contributed by atoms with van der Waals surface area (Å²) in [6, 6.07) is 1.39. The van der Waals surface area contributed by atoms with Gasteiger partial charge in [-0.05, 0) is 38.0 Å². The molecular weight excluding hydrogens is 226 g/mol. The molecule has 4 heteroatoms. The Kier molecular flexibility index (Phi) is 3.55. The zero-order valence-corrected chi connectivity index (χ0v) is 11.1. The van der Waals surface area contributed by atoms with E-state index >= 15 is 0 Å². The lowest BCUT2D eigenvalue weighted by atomic mass is 9.79. The topological polar surface area (TPSA) is 39.1 Å². The normalized spacial score (nSPS) is 26.9. The van der Waals surface area contributed by atoms with E-state index in [1.165, 1.54) is 25.7 Å². The summed E-state index contributed by atoms with van der Waals surface area (Å²) in [5.41, 5.74) is 0. The number of nitrogens with one attached hydrogen (secondary N) is 1. The zero-order chi connectivity index (χ0) is 12.4. The van der Waals surface area contributed by atoms with Crippen molar-refractivity contribution in [2.75, 3.05) is 13.2 Å². The van der Waals surface area contributed by atoms with Crippen LogP contribution in [0.15, 0.2) is 12.4 Å². The van der Waals surface area contributed by atoms with Crippen LogP contribution in [0.5, 0.6) is 5.75 Å². The molecule has 0 aromatic carbocycles. The van der Waals surface area contributed by atoms with E-state index in [0.29, 0.717) is 6.04 Å². The summed E-state index contributed by atoms with van der Waals surface area (Å²) in [5.74, 6) is 1.67. The Bertz CT molecular complexity index is 386. The molecular formula is C14H23N3O. The summed E-state index contributed by atoms with van der Waals surface area (Å²) < 4.78 is 7.70. The Morgan fingerprint density at radius 1 is 1.39 bits per heavy atom. The Morgan fingerprint density at radius 2 is 2.28 bits per heavy atom. The second kappa shape index (κ2) is 5.31. The van der Waals surface area contributed by atoms with Crippen LogP contribution < -0.4 is 10.1 Å². The van der Waals surface area contributed by atoms with Crippen molar-refractivity contribution >= 4 is 0 Å². The molecule has 0 bridgehead atoms. The van der Waals surface area contributed by atoms with Gasteiger partial charge in [0.1, 0.15) is 0 Å². The van der Waals surface area contributed by atoms with E-state index < -0.39 is 0 Å². The molecule has 100 valence electrons. The van der Waals surface area contributed by atoms with Gasteiger partial charge in [-0.3, -0.25) is 4.68 Å². The van der Waals surface area contributed by atoms with Crippen molar-refractivity contribution in [2.45, 2.75) is 51.1 Å². The first-order chi connectivity index (χ1) is 8.86. The quantitative estimate of drug-likeness (QED) is 0.806. The second-order valence-electron chi connectivity index (χ2n) is 5.59. The molecule has 1 N–H and O–H groups in total. The van der Waals surface area contributed by atoms with Gasteiger partial charge < -0.3 is 10.1 Å². The first kappa shape index (κ1) is 12.0. The first-order valence-corrected chi connectivity index (χ1v) is 7.27. The fourth-order valence-corrected chi connectivity index (χ4v) is 2.54. The van der Waals surface area contributed by atoms with Crippen LogP contribution >= 0.6 is 0 Å². The van der Waals surface area contributed by atoms with Gasteiger partial charge in [-0.15, -0.1) is 0 Å². The fraction of sp³-hybridized carbons (Fsp3) is 0.786. The van der Waals surface area contributed by atoms with Gasteiger partial charge in [-0.1, -0.05) is 6.92 Å². The highest BCUT2D eigenvalue weighted by Crippen LogP contribution is 2.38. The molecule has 4 nitrogen and oxygen atoms in total. The molecule has 2 aliphatic carbocycles. The summed E-state index contributed by atoms with van der Waals surface area (Å²) in [5, 5.41) is 8.07. The number of nitrogens with zero attached hydrogens (tertiary/aromatic N) is 2. The van der Waals surface area contributed by atoms with E-state index in [1.54, 1.807) is 0 Å². The molecule has 3 rings (SSSR count). The molecule has 1 heterocycles. The summed E-state index contributed by atoms with van der Waals surface area (Å²) in [7, 11) is 0. The van der Waals surface area contributed by atoms with Crippen LogP contribution in [-0.2, 0) is 0 Å². The molecule has 2 aliphatic rings. The van der Waals surface area contributed by atoms with Crippen LogP contribution in [0.1, 0.15) is 45.1 Å². The average molecular weight is 249 g/mol. The van der Waals surface area contributed by atoms with Crippen molar-refractivity contribution in [1.82, 2.24) is 15.1 Å². The van der Waals surface area contributed by atoms with Crippen molar-refractivity contribution in [3.63, 3.8) is 0 Å². The Morgan fingerprint density at radius 3 is 2.94 bits per heavy atom. The minimum Gasteiger partial charge on any atom is -0.490 e. The molecule has 2 unspecified atom stereocenters. The number of hydrogen-bond donors (Lipinski definition) is 1. The third kappa shape index (κ3) is 2.69. The second-order valence-corrected chi connectivity index (χ2v) is 5.59. The third-order valence-electron chi connectivity index (χ3n) is 4.01. The molecule has 0 aliphatic heterocycles. The van der Waals surface area contributed by atoms with Gasteiger partial charge in [0.15, 0.2) is 5.75 Å². The zero-order valence-electron chi connectivity index (χ0n) is 11.1. The monoisotopic (exact) mass is 249 g/mol. The van der Waals surface area contributed by atoms with Crippen LogP contribution in [0.25, 0.3) is 0 Å². The number of rotatable bonds is 7. The summed E-state index contributed by atoms with van der Waals surface area (Å²) in [6.07, 6.45) is 10.3. The van der Waals surface area contributed by atoms with Gasteiger partial charge in [0.25, 0.3) is 0 Å². The van der Waals surface area contributed by atoms with Gasteiger partial charge >= 0.3 is 0 Å². The minimum absolute atomic E-state index is 0.579. The van der Waals surface area contributed by atoms with Crippen LogP contribution in [0, 0.1) is 5.92 Å². The maximum Gasteiger partial charge on any atom is 0.157 e. The molecule has 18 heavy (non-hydrogen) atoms. The van der Waals surface area contributed by atoms with Crippen molar-refractivity contribution in [3.8, 4) is 5.75 Å². The number of hydrogen-bond acceptors (Lipinski definition) is 3. The van der Waals surface area contributed by atoms with Crippen LogP contribution in [0.3, 0.4) is 0 Å². The van der Waals surface area contributed by atoms with Gasteiger partial charge in [-0.2, -0.15) is 5.10 Å². The van der Waals surface area contributed by atoms with Crippen molar-refractivity contribution in [1.29, 1.82) is 0 Å².